The number of hydrogen-bond donors (Lipinski definition) is 6. The van der Waals surface area contributed by atoms with E-state index in [1.54, 1.807) is 121 Å². The number of ether oxygens (including phenoxy) is 2. The van der Waals surface area contributed by atoms with Gasteiger partial charge in [-0.2, -0.15) is 10.2 Å². The molecule has 9 rings (SSSR count). The maximum absolute atomic E-state index is 13.9. The molecule has 0 atom stereocenters. The van der Waals surface area contributed by atoms with Gasteiger partial charge >= 0.3 is 0 Å². The number of halogens is 1. The molecule has 4 amide bonds. The lowest BCUT2D eigenvalue weighted by molar-refractivity contribution is 0.101. The number of methoxy groups -OCH3 is 2. The Morgan fingerprint density at radius 1 is 0.425 bits per heavy atom. The molecular formula is C56H41ClN8O8. The quantitative estimate of drug-likeness (QED) is 0.0573. The standard InChI is InChI=1S/C56H41ClN8O8/c1-72-47-25-22-37(29-41(47)53(68)58-34-15-5-3-6-16-34)62-64-49-39-19-11-9-13-32(39)27-43(51(49)66)55(70)60-36-21-24-46(45(57)31-36)61-56(71)44-28-33-14-10-12-20-40(33)50(52(44)67)65-63-38-23-26-48(73-2)42(30-38)54(69)59-35-17-7-4-8-18-35/h3-31,66-67H,1-2H3,(H,58,68)(H,59,69)(H,60,70)(H,61,71). The Kier molecular flexibility index (Phi) is 14.1. The fourth-order valence-electron chi connectivity index (χ4n) is 7.79. The fraction of sp³-hybridized carbons (Fsp3) is 0.0357. The Balaban J connectivity index is 0.934. The van der Waals surface area contributed by atoms with Crippen molar-refractivity contribution < 1.29 is 38.9 Å². The number of rotatable bonds is 14. The summed E-state index contributed by atoms with van der Waals surface area (Å²) >= 11 is 6.69. The lowest BCUT2D eigenvalue weighted by atomic mass is 10.0. The molecule has 0 aliphatic rings. The number of anilines is 4. The Hall–Kier alpha value is -9.93. The summed E-state index contributed by atoms with van der Waals surface area (Å²) < 4.78 is 10.9. The summed E-state index contributed by atoms with van der Waals surface area (Å²) in [5.41, 5.74) is 2.21. The van der Waals surface area contributed by atoms with Crippen LogP contribution in [0.3, 0.4) is 0 Å². The van der Waals surface area contributed by atoms with Crippen molar-refractivity contribution in [3.8, 4) is 23.0 Å². The summed E-state index contributed by atoms with van der Waals surface area (Å²) in [5.74, 6) is -2.62. The molecule has 0 saturated heterocycles. The van der Waals surface area contributed by atoms with Crippen molar-refractivity contribution in [3.63, 3.8) is 0 Å². The van der Waals surface area contributed by atoms with Crippen LogP contribution in [0.5, 0.6) is 23.0 Å². The van der Waals surface area contributed by atoms with E-state index in [2.05, 4.69) is 41.7 Å². The molecule has 0 radical (unpaired) electrons. The Bertz CT molecular complexity index is 3690. The van der Waals surface area contributed by atoms with E-state index in [1.165, 1.54) is 56.7 Å². The van der Waals surface area contributed by atoms with Crippen molar-refractivity contribution in [1.29, 1.82) is 0 Å². The summed E-state index contributed by atoms with van der Waals surface area (Å²) in [6, 6.07) is 48.6. The Morgan fingerprint density at radius 2 is 0.836 bits per heavy atom. The Labute approximate surface area is 421 Å². The van der Waals surface area contributed by atoms with Crippen LogP contribution in [-0.4, -0.2) is 48.1 Å². The number of phenols is 2. The third-order valence-electron chi connectivity index (χ3n) is 11.4. The molecule has 9 aromatic carbocycles. The van der Waals surface area contributed by atoms with Gasteiger partial charge in [-0.3, -0.25) is 19.2 Å². The SMILES string of the molecule is COc1ccc(N=Nc2c(O)c(C(=O)Nc3ccc(NC(=O)c4cc5ccccc5c(N=Nc5ccc(OC)c(C(=O)Nc6ccccc6)c5)c4O)c(Cl)c3)cc3ccccc23)cc1C(=O)Nc1ccccc1. The van der Waals surface area contributed by atoms with Crippen molar-refractivity contribution in [2.24, 2.45) is 20.5 Å². The summed E-state index contributed by atoms with van der Waals surface area (Å²) in [5, 5.41) is 53.9. The first-order valence-corrected chi connectivity index (χ1v) is 22.7. The molecule has 0 fully saturated rings. The van der Waals surface area contributed by atoms with Gasteiger partial charge in [-0.05, 0) is 102 Å². The number of fused-ring (bicyclic) bond motifs is 2. The lowest BCUT2D eigenvalue weighted by Gasteiger charge is -2.14. The second-order valence-electron chi connectivity index (χ2n) is 16.1. The molecular weight excluding hydrogens is 948 g/mol. The minimum atomic E-state index is -0.730. The van der Waals surface area contributed by atoms with E-state index < -0.39 is 35.1 Å². The molecule has 0 aromatic heterocycles. The molecule has 0 aliphatic heterocycles. The second kappa shape index (κ2) is 21.4. The number of carbonyl (C=O) groups is 4. The van der Waals surface area contributed by atoms with Crippen molar-refractivity contribution in [3.05, 3.63) is 203 Å². The molecule has 0 heterocycles. The first kappa shape index (κ1) is 48.1. The van der Waals surface area contributed by atoms with Crippen LogP contribution in [0.1, 0.15) is 41.4 Å². The highest BCUT2D eigenvalue weighted by Gasteiger charge is 2.23. The van der Waals surface area contributed by atoms with E-state index in [-0.39, 0.29) is 61.4 Å². The molecule has 73 heavy (non-hydrogen) atoms. The molecule has 0 unspecified atom stereocenters. The smallest absolute Gasteiger partial charge is 0.259 e. The van der Waals surface area contributed by atoms with E-state index in [0.717, 1.165) is 0 Å². The molecule has 16 nitrogen and oxygen atoms in total. The van der Waals surface area contributed by atoms with Gasteiger partial charge < -0.3 is 41.0 Å². The molecule has 0 saturated carbocycles. The number of carbonyl (C=O) groups excluding carboxylic acids is 4. The highest BCUT2D eigenvalue weighted by atomic mass is 35.5. The lowest BCUT2D eigenvalue weighted by Crippen LogP contribution is -2.14. The average Bonchev–Trinajstić information content (AvgIpc) is 3.41. The predicted octanol–water partition coefficient (Wildman–Crippen LogP) is 13.9. The van der Waals surface area contributed by atoms with Crippen LogP contribution in [0, 0.1) is 0 Å². The third-order valence-corrected chi connectivity index (χ3v) is 11.7. The van der Waals surface area contributed by atoms with E-state index in [1.807, 2.05) is 12.1 Å². The molecule has 0 bridgehead atoms. The monoisotopic (exact) mass is 988 g/mol. The maximum Gasteiger partial charge on any atom is 0.259 e. The number of hydrogen-bond acceptors (Lipinski definition) is 12. The number of benzene rings is 9. The number of nitrogens with zero attached hydrogens (tertiary/aromatic N) is 4. The van der Waals surface area contributed by atoms with Gasteiger partial charge in [0.1, 0.15) is 22.9 Å². The van der Waals surface area contributed by atoms with Gasteiger partial charge in [-0.1, -0.05) is 96.5 Å². The summed E-state index contributed by atoms with van der Waals surface area (Å²) in [6.07, 6.45) is 0. The minimum Gasteiger partial charge on any atom is -0.505 e. The highest BCUT2D eigenvalue weighted by Crippen LogP contribution is 2.42. The largest absolute Gasteiger partial charge is 0.505 e. The van der Waals surface area contributed by atoms with E-state index in [9.17, 15) is 29.4 Å². The van der Waals surface area contributed by atoms with Crippen molar-refractivity contribution in [2.45, 2.75) is 0 Å². The molecule has 9 aromatic rings. The van der Waals surface area contributed by atoms with Gasteiger partial charge in [0.25, 0.3) is 23.6 Å². The molecule has 0 aliphatic carbocycles. The predicted molar refractivity (Wildman–Crippen MR) is 282 cm³/mol. The maximum atomic E-state index is 13.9. The van der Waals surface area contributed by atoms with Gasteiger partial charge in [0, 0.05) is 27.8 Å². The minimum absolute atomic E-state index is 0.00137. The van der Waals surface area contributed by atoms with Gasteiger partial charge in [-0.15, -0.1) is 10.2 Å². The number of azo groups is 2. The highest BCUT2D eigenvalue weighted by molar-refractivity contribution is 6.34. The zero-order valence-corrected chi connectivity index (χ0v) is 39.5. The molecule has 17 heteroatoms. The van der Waals surface area contributed by atoms with E-state index in [4.69, 9.17) is 21.1 Å². The van der Waals surface area contributed by atoms with Gasteiger partial charge in [0.15, 0.2) is 11.5 Å². The number of aromatic hydroxyl groups is 2. The van der Waals surface area contributed by atoms with Crippen LogP contribution in [0.15, 0.2) is 196 Å². The van der Waals surface area contributed by atoms with E-state index in [0.29, 0.717) is 44.4 Å². The van der Waals surface area contributed by atoms with Gasteiger partial charge in [-0.25, -0.2) is 0 Å². The number of para-hydroxylation sites is 2. The zero-order chi connectivity index (χ0) is 51.0. The topological polar surface area (TPSA) is 225 Å². The summed E-state index contributed by atoms with van der Waals surface area (Å²) in [4.78, 5) is 54.3. The number of amides is 4. The van der Waals surface area contributed by atoms with Crippen LogP contribution < -0.4 is 30.7 Å². The summed E-state index contributed by atoms with van der Waals surface area (Å²) in [6.45, 7) is 0. The molecule has 360 valence electrons. The number of nitrogens with one attached hydrogen (secondary N) is 4. The number of phenolic OH excluding ortho intramolecular Hbond substituents is 2. The van der Waals surface area contributed by atoms with Gasteiger partial charge in [0.2, 0.25) is 0 Å². The average molecular weight is 989 g/mol. The third kappa shape index (κ3) is 10.6. The van der Waals surface area contributed by atoms with E-state index >= 15 is 0 Å². The Morgan fingerprint density at radius 3 is 1.29 bits per heavy atom. The second-order valence-corrected chi connectivity index (χ2v) is 16.5. The first-order chi connectivity index (χ1) is 35.5. The van der Waals surface area contributed by atoms with Crippen LogP contribution in [-0.2, 0) is 0 Å². The molecule has 6 N–H and O–H groups in total. The van der Waals surface area contributed by atoms with Crippen LogP contribution in [0.4, 0.5) is 45.5 Å². The molecule has 0 spiro atoms. The fourth-order valence-corrected chi connectivity index (χ4v) is 8.02. The van der Waals surface area contributed by atoms with Crippen molar-refractivity contribution in [1.82, 2.24) is 0 Å². The van der Waals surface area contributed by atoms with Crippen molar-refractivity contribution >= 4 is 102 Å². The normalized spacial score (nSPS) is 11.2. The van der Waals surface area contributed by atoms with Crippen molar-refractivity contribution in [2.75, 3.05) is 35.5 Å². The first-order valence-electron chi connectivity index (χ1n) is 22.3. The van der Waals surface area contributed by atoms with Crippen LogP contribution in [0.25, 0.3) is 21.5 Å². The zero-order valence-electron chi connectivity index (χ0n) is 38.8. The van der Waals surface area contributed by atoms with Gasteiger partial charge in [0.05, 0.1) is 58.6 Å². The summed E-state index contributed by atoms with van der Waals surface area (Å²) in [7, 11) is 2.89. The van der Waals surface area contributed by atoms with Crippen LogP contribution >= 0.6 is 11.6 Å². The van der Waals surface area contributed by atoms with Crippen LogP contribution in [0.2, 0.25) is 5.02 Å².